The van der Waals surface area contributed by atoms with Crippen LogP contribution in [0.3, 0.4) is 0 Å². The maximum atomic E-state index is 6.24. The van der Waals surface area contributed by atoms with Crippen molar-refractivity contribution in [3.05, 3.63) is 54.6 Å². The molecule has 0 aliphatic carbocycles. The minimum atomic E-state index is 0.0525. The average Bonchev–Trinajstić information content (AvgIpc) is 2.68. The quantitative estimate of drug-likeness (QED) is 0.818. The summed E-state index contributed by atoms with van der Waals surface area (Å²) >= 11 is 8.79. The van der Waals surface area contributed by atoms with E-state index in [4.69, 9.17) is 5.73 Å². The van der Waals surface area contributed by atoms with Crippen molar-refractivity contribution >= 4 is 43.2 Å². The van der Waals surface area contributed by atoms with Crippen LogP contribution in [0.4, 0.5) is 0 Å². The number of halogens is 2. The molecule has 2 aromatic rings. The Morgan fingerprint density at radius 2 is 2.00 bits per heavy atom. The van der Waals surface area contributed by atoms with Crippen LogP contribution in [0.5, 0.6) is 0 Å². The van der Waals surface area contributed by atoms with Gasteiger partial charge in [0.15, 0.2) is 0 Å². The first-order valence-corrected chi connectivity index (χ1v) is 7.78. The van der Waals surface area contributed by atoms with Crippen molar-refractivity contribution < 1.29 is 0 Å². The Morgan fingerprint density at radius 1 is 1.24 bits per heavy atom. The summed E-state index contributed by atoms with van der Waals surface area (Å²) in [5.74, 6) is 0. The molecule has 1 heterocycles. The molecule has 0 fully saturated rings. The molecule has 2 rings (SSSR count). The topological polar surface area (TPSA) is 26.0 Å². The monoisotopic (exact) mass is 373 g/mol. The minimum Gasteiger partial charge on any atom is -0.324 e. The lowest BCUT2D eigenvalue weighted by atomic mass is 10.0. The Hall–Kier alpha value is -0.160. The highest BCUT2D eigenvalue weighted by atomic mass is 79.9. The van der Waals surface area contributed by atoms with E-state index in [-0.39, 0.29) is 6.04 Å². The van der Waals surface area contributed by atoms with Crippen molar-refractivity contribution in [3.8, 4) is 0 Å². The molecular weight excluding hydrogens is 362 g/mol. The second-order valence-corrected chi connectivity index (χ2v) is 6.72. The Labute approximate surface area is 122 Å². The molecule has 1 aromatic carbocycles. The number of hydrogen-bond acceptors (Lipinski definition) is 2. The number of nitrogens with two attached hydrogens (primary N) is 1. The van der Waals surface area contributed by atoms with Crippen LogP contribution in [0.15, 0.2) is 38.6 Å². The van der Waals surface area contributed by atoms with E-state index in [9.17, 15) is 0 Å². The molecule has 1 unspecified atom stereocenters. The van der Waals surface area contributed by atoms with E-state index < -0.39 is 0 Å². The normalized spacial score (nSPS) is 12.7. The van der Waals surface area contributed by atoms with E-state index in [1.165, 1.54) is 16.0 Å². The van der Waals surface area contributed by atoms with Crippen molar-refractivity contribution in [2.24, 2.45) is 5.73 Å². The molecule has 0 aliphatic heterocycles. The first-order valence-electron chi connectivity index (χ1n) is 5.31. The van der Waals surface area contributed by atoms with Crippen LogP contribution in [0.1, 0.15) is 22.0 Å². The molecule has 1 atom stereocenters. The van der Waals surface area contributed by atoms with E-state index in [0.717, 1.165) is 15.4 Å². The number of aryl methyl sites for hydroxylation is 1. The van der Waals surface area contributed by atoms with Crippen LogP contribution < -0.4 is 5.73 Å². The zero-order valence-electron chi connectivity index (χ0n) is 9.41. The van der Waals surface area contributed by atoms with E-state index in [2.05, 4.69) is 68.4 Å². The van der Waals surface area contributed by atoms with Crippen LogP contribution >= 0.6 is 43.2 Å². The fourth-order valence-corrected chi connectivity index (χ4v) is 3.51. The lowest BCUT2D eigenvalue weighted by Crippen LogP contribution is -2.13. The molecule has 1 aromatic heterocycles. The molecule has 1 nitrogen and oxygen atoms in total. The predicted octanol–water partition coefficient (Wildman–Crippen LogP) is 4.82. The highest BCUT2D eigenvalue weighted by molar-refractivity contribution is 9.10. The summed E-state index contributed by atoms with van der Waals surface area (Å²) in [6.07, 6.45) is 0.874. The van der Waals surface area contributed by atoms with E-state index in [1.807, 2.05) is 0 Å². The first kappa shape index (κ1) is 13.3. The van der Waals surface area contributed by atoms with Gasteiger partial charge in [0.05, 0.1) is 0 Å². The van der Waals surface area contributed by atoms with Gasteiger partial charge in [-0.1, -0.05) is 28.1 Å². The number of benzene rings is 1. The lowest BCUT2D eigenvalue weighted by molar-refractivity contribution is 0.727. The van der Waals surface area contributed by atoms with E-state index in [0.29, 0.717) is 0 Å². The molecule has 0 amide bonds. The molecule has 17 heavy (non-hydrogen) atoms. The van der Waals surface area contributed by atoms with Gasteiger partial charge in [0, 0.05) is 26.3 Å². The van der Waals surface area contributed by atoms with E-state index >= 15 is 0 Å². The van der Waals surface area contributed by atoms with Crippen molar-refractivity contribution in [1.29, 1.82) is 0 Å². The number of thiophene rings is 1. The van der Waals surface area contributed by atoms with Crippen molar-refractivity contribution in [1.82, 2.24) is 0 Å². The fourth-order valence-electron chi connectivity index (χ4n) is 1.69. The van der Waals surface area contributed by atoms with Gasteiger partial charge in [0.1, 0.15) is 0 Å². The van der Waals surface area contributed by atoms with Crippen LogP contribution in [0.25, 0.3) is 0 Å². The summed E-state index contributed by atoms with van der Waals surface area (Å²) in [4.78, 5) is 1.30. The summed E-state index contributed by atoms with van der Waals surface area (Å²) in [6.45, 7) is 2.08. The third kappa shape index (κ3) is 3.19. The second kappa shape index (κ2) is 5.65. The Bertz CT molecular complexity index is 522. The van der Waals surface area contributed by atoms with Gasteiger partial charge in [-0.3, -0.25) is 0 Å². The van der Waals surface area contributed by atoms with Gasteiger partial charge in [-0.25, -0.2) is 0 Å². The summed E-state index contributed by atoms with van der Waals surface area (Å²) < 4.78 is 2.29. The highest BCUT2D eigenvalue weighted by Crippen LogP contribution is 2.28. The predicted molar refractivity (Wildman–Crippen MR) is 81.5 cm³/mol. The molecule has 4 heteroatoms. The molecule has 0 bridgehead atoms. The maximum Gasteiger partial charge on any atom is 0.0344 e. The van der Waals surface area contributed by atoms with Crippen LogP contribution in [-0.2, 0) is 6.42 Å². The molecule has 0 radical (unpaired) electrons. The van der Waals surface area contributed by atoms with Gasteiger partial charge in [-0.2, -0.15) is 0 Å². The van der Waals surface area contributed by atoms with Gasteiger partial charge >= 0.3 is 0 Å². The highest BCUT2D eigenvalue weighted by Gasteiger charge is 2.11. The third-order valence-electron chi connectivity index (χ3n) is 2.71. The van der Waals surface area contributed by atoms with Gasteiger partial charge in [0.2, 0.25) is 0 Å². The summed E-state index contributed by atoms with van der Waals surface area (Å²) in [6, 6.07) is 8.42. The second-order valence-electron chi connectivity index (χ2n) is 4.01. The summed E-state index contributed by atoms with van der Waals surface area (Å²) in [7, 11) is 0. The Balaban J connectivity index is 2.17. The maximum absolute atomic E-state index is 6.24. The standard InChI is InChI=1S/C13H13Br2NS/c1-8-6-9(2-3-10(8)14)12(16)7-13-11(15)4-5-17-13/h2-6,12H,7,16H2,1H3. The average molecular weight is 375 g/mol. The molecule has 2 N–H and O–H groups in total. The molecule has 0 spiro atoms. The molecule has 0 saturated heterocycles. The largest absolute Gasteiger partial charge is 0.324 e. The number of hydrogen-bond donors (Lipinski definition) is 1. The zero-order valence-corrected chi connectivity index (χ0v) is 13.4. The number of rotatable bonds is 3. The zero-order chi connectivity index (χ0) is 12.4. The molecule has 0 aliphatic rings. The Morgan fingerprint density at radius 3 is 2.59 bits per heavy atom. The molecular formula is C13H13Br2NS. The smallest absolute Gasteiger partial charge is 0.0344 e. The van der Waals surface area contributed by atoms with Gasteiger partial charge in [-0.05, 0) is 51.5 Å². The van der Waals surface area contributed by atoms with Crippen molar-refractivity contribution in [2.75, 3.05) is 0 Å². The van der Waals surface area contributed by atoms with Crippen LogP contribution in [0.2, 0.25) is 0 Å². The SMILES string of the molecule is Cc1cc(C(N)Cc2sccc2Br)ccc1Br. The van der Waals surface area contributed by atoms with Crippen LogP contribution in [0, 0.1) is 6.92 Å². The van der Waals surface area contributed by atoms with Gasteiger partial charge in [0.25, 0.3) is 0 Å². The first-order chi connectivity index (χ1) is 8.08. The van der Waals surface area contributed by atoms with Crippen LogP contribution in [-0.4, -0.2) is 0 Å². The van der Waals surface area contributed by atoms with Crippen molar-refractivity contribution in [3.63, 3.8) is 0 Å². The molecule has 0 saturated carbocycles. The Kier molecular flexibility index (Phi) is 4.42. The van der Waals surface area contributed by atoms with Crippen molar-refractivity contribution in [2.45, 2.75) is 19.4 Å². The van der Waals surface area contributed by atoms with E-state index in [1.54, 1.807) is 11.3 Å². The summed E-state index contributed by atoms with van der Waals surface area (Å²) in [5.41, 5.74) is 8.66. The van der Waals surface area contributed by atoms with Gasteiger partial charge < -0.3 is 5.73 Å². The molecule has 90 valence electrons. The van der Waals surface area contributed by atoms with Gasteiger partial charge in [-0.15, -0.1) is 11.3 Å². The third-order valence-corrected chi connectivity index (χ3v) is 5.54. The summed E-state index contributed by atoms with van der Waals surface area (Å²) in [5, 5.41) is 2.08. The fraction of sp³-hybridized carbons (Fsp3) is 0.231. The minimum absolute atomic E-state index is 0.0525. The lowest BCUT2D eigenvalue weighted by Gasteiger charge is -2.12.